The highest BCUT2D eigenvalue weighted by atomic mass is 32.2. The highest BCUT2D eigenvalue weighted by Crippen LogP contribution is 2.07. The van der Waals surface area contributed by atoms with E-state index < -0.39 is 10.0 Å². The number of sulfonamides is 1. The summed E-state index contributed by atoms with van der Waals surface area (Å²) >= 11 is 0. The maximum atomic E-state index is 12.1. The third-order valence-corrected chi connectivity index (χ3v) is 5.19. The molecule has 2 aromatic rings. The van der Waals surface area contributed by atoms with Crippen LogP contribution in [-0.4, -0.2) is 33.3 Å². The maximum Gasteiger partial charge on any atom is 0.251 e. The van der Waals surface area contributed by atoms with Gasteiger partial charge in [-0.2, -0.15) is 0 Å². The SMILES string of the molecule is CCNC(=O)c1cccc(CNC(=O)CCNS(=O)(=O)c2ccccc2)c1. The first-order valence-electron chi connectivity index (χ1n) is 8.61. The monoisotopic (exact) mass is 389 g/mol. The van der Waals surface area contributed by atoms with Gasteiger partial charge in [0, 0.05) is 31.6 Å². The Balaban J connectivity index is 1.80. The van der Waals surface area contributed by atoms with Crippen molar-refractivity contribution in [2.45, 2.75) is 24.8 Å². The molecule has 144 valence electrons. The minimum atomic E-state index is -3.62. The van der Waals surface area contributed by atoms with Gasteiger partial charge in [0.1, 0.15) is 0 Å². The summed E-state index contributed by atoms with van der Waals surface area (Å²) in [4.78, 5) is 23.9. The Morgan fingerprint density at radius 3 is 2.41 bits per heavy atom. The van der Waals surface area contributed by atoms with Gasteiger partial charge in [-0.1, -0.05) is 30.3 Å². The van der Waals surface area contributed by atoms with Crippen LogP contribution < -0.4 is 15.4 Å². The van der Waals surface area contributed by atoms with Crippen molar-refractivity contribution in [3.63, 3.8) is 0 Å². The molecule has 0 heterocycles. The highest BCUT2D eigenvalue weighted by molar-refractivity contribution is 7.89. The van der Waals surface area contributed by atoms with Crippen molar-refractivity contribution in [3.8, 4) is 0 Å². The third kappa shape index (κ3) is 6.50. The summed E-state index contributed by atoms with van der Waals surface area (Å²) in [5, 5.41) is 5.44. The smallest absolute Gasteiger partial charge is 0.251 e. The van der Waals surface area contributed by atoms with Crippen molar-refractivity contribution < 1.29 is 18.0 Å². The minimum absolute atomic E-state index is 0.00199. The van der Waals surface area contributed by atoms with Crippen LogP contribution in [0.1, 0.15) is 29.3 Å². The molecular formula is C19H23N3O4S. The van der Waals surface area contributed by atoms with Crippen molar-refractivity contribution in [1.29, 1.82) is 0 Å². The molecule has 0 bridgehead atoms. The van der Waals surface area contributed by atoms with Crippen LogP contribution in [0.4, 0.5) is 0 Å². The number of hydrogen-bond acceptors (Lipinski definition) is 4. The van der Waals surface area contributed by atoms with Crippen molar-refractivity contribution >= 4 is 21.8 Å². The summed E-state index contributed by atoms with van der Waals surface area (Å²) in [6, 6.07) is 15.0. The van der Waals surface area contributed by atoms with Crippen molar-refractivity contribution in [2.24, 2.45) is 0 Å². The van der Waals surface area contributed by atoms with E-state index in [4.69, 9.17) is 0 Å². The molecule has 8 heteroatoms. The predicted octanol–water partition coefficient (Wildman–Crippen LogP) is 1.42. The lowest BCUT2D eigenvalue weighted by atomic mass is 10.1. The van der Waals surface area contributed by atoms with Crippen LogP contribution in [0.25, 0.3) is 0 Å². The van der Waals surface area contributed by atoms with Crippen LogP contribution in [-0.2, 0) is 21.4 Å². The van der Waals surface area contributed by atoms with Gasteiger partial charge in [0.15, 0.2) is 0 Å². The highest BCUT2D eigenvalue weighted by Gasteiger charge is 2.13. The molecule has 0 unspecified atom stereocenters. The van der Waals surface area contributed by atoms with Crippen molar-refractivity contribution in [1.82, 2.24) is 15.4 Å². The van der Waals surface area contributed by atoms with E-state index in [1.165, 1.54) is 12.1 Å². The molecule has 3 N–H and O–H groups in total. The zero-order valence-corrected chi connectivity index (χ0v) is 15.9. The second kappa shape index (κ2) is 9.84. The molecule has 0 aliphatic heterocycles. The summed E-state index contributed by atoms with van der Waals surface area (Å²) < 4.78 is 26.5. The maximum absolute atomic E-state index is 12.1. The standard InChI is InChI=1S/C19H23N3O4S/c1-2-20-19(24)16-8-6-7-15(13-16)14-21-18(23)11-12-22-27(25,26)17-9-4-3-5-10-17/h3-10,13,22H,2,11-12,14H2,1H3,(H,20,24)(H,21,23). The van der Waals surface area contributed by atoms with Crippen LogP contribution in [0.3, 0.4) is 0 Å². The average molecular weight is 389 g/mol. The Bertz CT molecular complexity index is 883. The summed E-state index contributed by atoms with van der Waals surface area (Å²) in [6.45, 7) is 2.65. The second-order valence-electron chi connectivity index (χ2n) is 5.80. The molecule has 7 nitrogen and oxygen atoms in total. The number of hydrogen-bond donors (Lipinski definition) is 3. The van der Waals surface area contributed by atoms with E-state index in [0.29, 0.717) is 12.1 Å². The fourth-order valence-electron chi connectivity index (χ4n) is 2.36. The van der Waals surface area contributed by atoms with Gasteiger partial charge in [0.2, 0.25) is 15.9 Å². The topological polar surface area (TPSA) is 104 Å². The van der Waals surface area contributed by atoms with E-state index in [-0.39, 0.29) is 36.2 Å². The number of carbonyl (C=O) groups is 2. The summed E-state index contributed by atoms with van der Waals surface area (Å²) in [5.74, 6) is -0.449. The van der Waals surface area contributed by atoms with Gasteiger partial charge in [-0.3, -0.25) is 9.59 Å². The van der Waals surface area contributed by atoms with Gasteiger partial charge >= 0.3 is 0 Å². The quantitative estimate of drug-likeness (QED) is 0.603. The lowest BCUT2D eigenvalue weighted by Gasteiger charge is -2.09. The fourth-order valence-corrected chi connectivity index (χ4v) is 3.41. The van der Waals surface area contributed by atoms with Crippen LogP contribution in [0.2, 0.25) is 0 Å². The molecule has 2 amide bonds. The molecule has 0 aliphatic carbocycles. The average Bonchev–Trinajstić information content (AvgIpc) is 2.67. The summed E-state index contributed by atoms with van der Waals surface area (Å²) in [5.41, 5.74) is 1.32. The van der Waals surface area contributed by atoms with E-state index in [1.807, 2.05) is 6.92 Å². The Hall–Kier alpha value is -2.71. The number of rotatable bonds is 9. The van der Waals surface area contributed by atoms with Gasteiger partial charge in [-0.25, -0.2) is 13.1 Å². The van der Waals surface area contributed by atoms with E-state index in [9.17, 15) is 18.0 Å². The lowest BCUT2D eigenvalue weighted by Crippen LogP contribution is -2.30. The molecule has 0 saturated heterocycles. The van der Waals surface area contributed by atoms with Gasteiger partial charge in [0.05, 0.1) is 4.90 Å². The predicted molar refractivity (Wildman–Crippen MR) is 103 cm³/mol. The molecule has 2 rings (SSSR count). The largest absolute Gasteiger partial charge is 0.352 e. The zero-order valence-electron chi connectivity index (χ0n) is 15.1. The van der Waals surface area contributed by atoms with Gasteiger partial charge in [0.25, 0.3) is 5.91 Å². The first kappa shape index (κ1) is 20.6. The van der Waals surface area contributed by atoms with Gasteiger partial charge in [-0.05, 0) is 36.8 Å². The molecule has 0 spiro atoms. The number of nitrogens with one attached hydrogen (secondary N) is 3. The van der Waals surface area contributed by atoms with Crippen molar-refractivity contribution in [3.05, 3.63) is 65.7 Å². The molecule has 0 atom stereocenters. The first-order chi connectivity index (χ1) is 12.9. The van der Waals surface area contributed by atoms with Gasteiger partial charge in [-0.15, -0.1) is 0 Å². The Morgan fingerprint density at radius 1 is 0.963 bits per heavy atom. The molecule has 27 heavy (non-hydrogen) atoms. The summed E-state index contributed by atoms with van der Waals surface area (Å²) in [7, 11) is -3.62. The third-order valence-electron chi connectivity index (χ3n) is 3.71. The van der Waals surface area contributed by atoms with Crippen LogP contribution >= 0.6 is 0 Å². The first-order valence-corrected chi connectivity index (χ1v) is 10.1. The lowest BCUT2D eigenvalue weighted by molar-refractivity contribution is -0.121. The van der Waals surface area contributed by atoms with E-state index in [2.05, 4.69) is 15.4 Å². The fraction of sp³-hybridized carbons (Fsp3) is 0.263. The minimum Gasteiger partial charge on any atom is -0.352 e. The molecule has 0 radical (unpaired) electrons. The van der Waals surface area contributed by atoms with Crippen LogP contribution in [0.5, 0.6) is 0 Å². The Kier molecular flexibility index (Phi) is 7.51. The van der Waals surface area contributed by atoms with Crippen LogP contribution in [0, 0.1) is 0 Å². The van der Waals surface area contributed by atoms with E-state index in [1.54, 1.807) is 42.5 Å². The molecule has 0 aliphatic rings. The second-order valence-corrected chi connectivity index (χ2v) is 7.56. The molecule has 2 aromatic carbocycles. The Labute approximate surface area is 159 Å². The normalized spacial score (nSPS) is 11.0. The molecule has 0 aromatic heterocycles. The van der Waals surface area contributed by atoms with Crippen LogP contribution in [0.15, 0.2) is 59.5 Å². The van der Waals surface area contributed by atoms with Gasteiger partial charge < -0.3 is 10.6 Å². The molecule has 0 saturated carbocycles. The van der Waals surface area contributed by atoms with E-state index >= 15 is 0 Å². The Morgan fingerprint density at radius 2 is 1.70 bits per heavy atom. The van der Waals surface area contributed by atoms with Crippen molar-refractivity contribution in [2.75, 3.05) is 13.1 Å². The number of carbonyl (C=O) groups excluding carboxylic acids is 2. The number of benzene rings is 2. The number of amides is 2. The molecule has 0 fully saturated rings. The zero-order chi connectivity index (χ0) is 19.7. The molecular weight excluding hydrogens is 366 g/mol. The summed E-state index contributed by atoms with van der Waals surface area (Å²) in [6.07, 6.45) is 0.0159. The van der Waals surface area contributed by atoms with E-state index in [0.717, 1.165) is 5.56 Å².